The first kappa shape index (κ1) is 17.3. The molecule has 1 amide bonds. The Kier molecular flexibility index (Phi) is 4.36. The molecule has 1 aliphatic carbocycles. The molecule has 0 aromatic carbocycles. The molecule has 8 heteroatoms. The zero-order valence-electron chi connectivity index (χ0n) is 13.1. The number of rotatable bonds is 2. The number of carbonyl (C=O) groups is 2. The first-order valence-corrected chi connectivity index (χ1v) is 8.74. The molecule has 3 rings (SSSR count). The van der Waals surface area contributed by atoms with Gasteiger partial charge in [0.2, 0.25) is 0 Å². The van der Waals surface area contributed by atoms with Crippen molar-refractivity contribution < 1.29 is 27.9 Å². The van der Waals surface area contributed by atoms with Crippen molar-refractivity contribution in [2.24, 2.45) is 17.8 Å². The number of alkyl halides is 3. The maximum Gasteiger partial charge on any atom is 0.394 e. The molecule has 1 aliphatic heterocycles. The van der Waals surface area contributed by atoms with Crippen molar-refractivity contribution in [2.45, 2.75) is 32.4 Å². The van der Waals surface area contributed by atoms with E-state index in [1.165, 1.54) is 11.3 Å². The molecule has 3 atom stereocenters. The first-order chi connectivity index (χ1) is 11.2. The van der Waals surface area contributed by atoms with E-state index < -0.39 is 36.4 Å². The molecule has 4 nitrogen and oxygen atoms in total. The van der Waals surface area contributed by atoms with Gasteiger partial charge in [0.05, 0.1) is 17.4 Å². The van der Waals surface area contributed by atoms with Crippen LogP contribution in [0.5, 0.6) is 0 Å². The van der Waals surface area contributed by atoms with Gasteiger partial charge in [-0.1, -0.05) is 6.92 Å². The largest absolute Gasteiger partial charge is 0.481 e. The number of hydrogen-bond acceptors (Lipinski definition) is 3. The Morgan fingerprint density at radius 3 is 2.62 bits per heavy atom. The minimum atomic E-state index is -4.62. The van der Waals surface area contributed by atoms with Gasteiger partial charge in [-0.3, -0.25) is 9.59 Å². The summed E-state index contributed by atoms with van der Waals surface area (Å²) in [7, 11) is 0. The van der Waals surface area contributed by atoms with Crippen molar-refractivity contribution in [3.8, 4) is 0 Å². The van der Waals surface area contributed by atoms with Gasteiger partial charge in [0.25, 0.3) is 5.91 Å². The number of carbonyl (C=O) groups excluding carboxylic acids is 1. The fourth-order valence-electron chi connectivity index (χ4n) is 3.58. The van der Waals surface area contributed by atoms with E-state index in [0.29, 0.717) is 11.5 Å². The van der Waals surface area contributed by atoms with Crippen LogP contribution in [0.2, 0.25) is 0 Å². The minimum absolute atomic E-state index is 0.390. The normalized spacial score (nSPS) is 27.2. The molecule has 0 radical (unpaired) electrons. The summed E-state index contributed by atoms with van der Waals surface area (Å²) in [4.78, 5) is 26.0. The van der Waals surface area contributed by atoms with Crippen LogP contribution in [-0.4, -0.2) is 41.1 Å². The first-order valence-electron chi connectivity index (χ1n) is 7.86. The van der Waals surface area contributed by atoms with E-state index in [4.69, 9.17) is 5.11 Å². The lowest BCUT2D eigenvalue weighted by Crippen LogP contribution is -2.34. The lowest BCUT2D eigenvalue weighted by atomic mass is 9.88. The Bertz CT molecular complexity index is 670. The van der Waals surface area contributed by atoms with Crippen LogP contribution < -0.4 is 0 Å². The van der Waals surface area contributed by atoms with Crippen LogP contribution in [0.3, 0.4) is 0 Å². The summed E-state index contributed by atoms with van der Waals surface area (Å²) in [5.74, 6) is -5.04. The van der Waals surface area contributed by atoms with Gasteiger partial charge in [-0.25, -0.2) is 0 Å². The highest BCUT2D eigenvalue weighted by Crippen LogP contribution is 2.39. The molecule has 1 unspecified atom stereocenters. The number of fused-ring (bicyclic) bond motifs is 1. The van der Waals surface area contributed by atoms with Crippen molar-refractivity contribution in [1.82, 2.24) is 4.90 Å². The molecule has 24 heavy (non-hydrogen) atoms. The summed E-state index contributed by atoms with van der Waals surface area (Å²) >= 11 is 1.47. The van der Waals surface area contributed by atoms with E-state index in [2.05, 4.69) is 6.92 Å². The van der Waals surface area contributed by atoms with Gasteiger partial charge < -0.3 is 10.0 Å². The predicted octanol–water partition coefficient (Wildman–Crippen LogP) is 3.21. The van der Waals surface area contributed by atoms with Crippen LogP contribution in [0.25, 0.3) is 0 Å². The second kappa shape index (κ2) is 6.06. The van der Waals surface area contributed by atoms with Gasteiger partial charge in [-0.2, -0.15) is 13.2 Å². The molecule has 0 bridgehead atoms. The Morgan fingerprint density at radius 1 is 1.33 bits per heavy atom. The second-order valence-electron chi connectivity index (χ2n) is 6.70. The molecule has 1 aromatic rings. The number of carboxylic acids is 1. The summed E-state index contributed by atoms with van der Waals surface area (Å²) in [5, 5.41) is 10.8. The van der Waals surface area contributed by atoms with Crippen molar-refractivity contribution in [3.05, 3.63) is 21.4 Å². The zero-order valence-corrected chi connectivity index (χ0v) is 13.9. The Hall–Kier alpha value is -1.57. The third-order valence-corrected chi connectivity index (χ3v) is 6.03. The average Bonchev–Trinajstić information content (AvgIpc) is 3.09. The summed E-state index contributed by atoms with van der Waals surface area (Å²) in [6.45, 7) is 1.16. The van der Waals surface area contributed by atoms with Crippen molar-refractivity contribution in [3.63, 3.8) is 0 Å². The fraction of sp³-hybridized carbons (Fsp3) is 0.625. The number of likely N-dealkylation sites (tertiary alicyclic amines) is 1. The van der Waals surface area contributed by atoms with Gasteiger partial charge in [0, 0.05) is 23.3 Å². The monoisotopic (exact) mass is 361 g/mol. The smallest absolute Gasteiger partial charge is 0.394 e. The van der Waals surface area contributed by atoms with Crippen LogP contribution >= 0.6 is 11.3 Å². The van der Waals surface area contributed by atoms with E-state index in [9.17, 15) is 22.8 Å². The lowest BCUT2D eigenvalue weighted by Gasteiger charge is -2.21. The molecule has 2 heterocycles. The molecular formula is C16H18F3NO3S. The Balaban J connectivity index is 1.83. The SMILES string of the molecule is CC1CCc2c(C(=O)N3C[C@@H](C(F)(F)F)[C@H](C(=O)O)C3)csc2C1. The van der Waals surface area contributed by atoms with Gasteiger partial charge in [0.15, 0.2) is 0 Å². The fourth-order valence-corrected chi connectivity index (χ4v) is 4.82. The summed E-state index contributed by atoms with van der Waals surface area (Å²) < 4.78 is 39.2. The highest BCUT2D eigenvalue weighted by molar-refractivity contribution is 7.10. The third-order valence-electron chi connectivity index (χ3n) is 4.98. The summed E-state index contributed by atoms with van der Waals surface area (Å²) in [6, 6.07) is 0. The molecule has 1 N–H and O–H groups in total. The number of carboxylic acid groups (broad SMARTS) is 1. The molecular weight excluding hydrogens is 343 g/mol. The molecule has 0 saturated carbocycles. The summed E-state index contributed by atoms with van der Waals surface area (Å²) in [6.07, 6.45) is -2.04. The van der Waals surface area contributed by atoms with Gasteiger partial charge in [0.1, 0.15) is 0 Å². The molecule has 132 valence electrons. The standard InChI is InChI=1S/C16H18F3NO3S/c1-8-2-3-9-11(7-24-13(9)4-8)14(21)20-5-10(15(22)23)12(6-20)16(17,18)19/h7-8,10,12H,2-6H2,1H3,(H,22,23)/t8?,10-,12-/m1/s1. The Morgan fingerprint density at radius 2 is 2.04 bits per heavy atom. The van der Waals surface area contributed by atoms with Gasteiger partial charge in [-0.15, -0.1) is 11.3 Å². The number of nitrogens with zero attached hydrogens (tertiary/aromatic N) is 1. The van der Waals surface area contributed by atoms with E-state index in [1.54, 1.807) is 5.38 Å². The highest BCUT2D eigenvalue weighted by atomic mass is 32.1. The number of hydrogen-bond donors (Lipinski definition) is 1. The van der Waals surface area contributed by atoms with Gasteiger partial charge in [-0.05, 0) is 30.7 Å². The predicted molar refractivity (Wildman–Crippen MR) is 82.1 cm³/mol. The minimum Gasteiger partial charge on any atom is -0.481 e. The lowest BCUT2D eigenvalue weighted by molar-refractivity contribution is -0.187. The molecule has 1 saturated heterocycles. The van der Waals surface area contributed by atoms with Crippen LogP contribution in [0.4, 0.5) is 13.2 Å². The van der Waals surface area contributed by atoms with Crippen molar-refractivity contribution >= 4 is 23.2 Å². The van der Waals surface area contributed by atoms with Crippen LogP contribution in [0.1, 0.15) is 34.1 Å². The maximum atomic E-state index is 13.1. The summed E-state index contributed by atoms with van der Waals surface area (Å²) in [5.41, 5.74) is 1.39. The number of aliphatic carboxylic acids is 1. The molecule has 0 spiro atoms. The van der Waals surface area contributed by atoms with Crippen LogP contribution in [0.15, 0.2) is 5.38 Å². The highest BCUT2D eigenvalue weighted by Gasteiger charge is 2.53. The molecule has 1 aromatic heterocycles. The Labute approximate surface area is 141 Å². The zero-order chi connectivity index (χ0) is 17.6. The molecule has 2 aliphatic rings. The van der Waals surface area contributed by atoms with E-state index in [1.807, 2.05) is 0 Å². The van der Waals surface area contributed by atoms with Crippen molar-refractivity contribution in [1.29, 1.82) is 0 Å². The number of amides is 1. The van der Waals surface area contributed by atoms with Crippen LogP contribution in [-0.2, 0) is 17.6 Å². The average molecular weight is 361 g/mol. The molecule has 1 fully saturated rings. The third kappa shape index (κ3) is 3.03. The second-order valence-corrected chi connectivity index (χ2v) is 7.67. The van der Waals surface area contributed by atoms with E-state index >= 15 is 0 Å². The quantitative estimate of drug-likeness (QED) is 0.880. The van der Waals surface area contributed by atoms with Gasteiger partial charge >= 0.3 is 12.1 Å². The topological polar surface area (TPSA) is 57.6 Å². The number of thiophene rings is 1. The number of halogens is 3. The maximum absolute atomic E-state index is 13.1. The van der Waals surface area contributed by atoms with Crippen LogP contribution in [0, 0.1) is 17.8 Å². The van der Waals surface area contributed by atoms with Crippen molar-refractivity contribution in [2.75, 3.05) is 13.1 Å². The van der Waals surface area contributed by atoms with E-state index in [-0.39, 0.29) is 6.54 Å². The van der Waals surface area contributed by atoms with E-state index in [0.717, 1.165) is 34.6 Å².